The Morgan fingerprint density at radius 3 is 2.53 bits per heavy atom. The van der Waals surface area contributed by atoms with Crippen LogP contribution in [-0.4, -0.2) is 63.7 Å². The average Bonchev–Trinajstić information content (AvgIpc) is 3.43. The van der Waals surface area contributed by atoms with Gasteiger partial charge in [-0.25, -0.2) is 0 Å². The molecule has 13 heteroatoms. The fourth-order valence-corrected chi connectivity index (χ4v) is 4.27. The Hall–Kier alpha value is -2.92. The van der Waals surface area contributed by atoms with Crippen molar-refractivity contribution in [2.45, 2.75) is 19.3 Å². The topological polar surface area (TPSA) is 68.4 Å². The number of hydrogen-bond acceptors (Lipinski definition) is 5. The number of rotatable bonds is 6. The van der Waals surface area contributed by atoms with Gasteiger partial charge in [0.05, 0.1) is 29.4 Å². The molecule has 1 saturated heterocycles. The number of piperazine rings is 1. The Balaban J connectivity index is 1.47. The van der Waals surface area contributed by atoms with Gasteiger partial charge >= 0.3 is 6.18 Å². The number of anilines is 1. The molecule has 34 heavy (non-hydrogen) atoms. The van der Waals surface area contributed by atoms with Crippen molar-refractivity contribution in [2.75, 3.05) is 38.2 Å². The van der Waals surface area contributed by atoms with Crippen LogP contribution in [0.15, 0.2) is 36.7 Å². The van der Waals surface area contributed by atoms with Crippen molar-refractivity contribution in [3.05, 3.63) is 58.1 Å². The molecule has 0 atom stereocenters. The van der Waals surface area contributed by atoms with Crippen LogP contribution in [0.2, 0.25) is 10.0 Å². The van der Waals surface area contributed by atoms with Gasteiger partial charge in [0, 0.05) is 50.3 Å². The summed E-state index contributed by atoms with van der Waals surface area (Å²) in [4.78, 5) is 16.6. The first-order valence-corrected chi connectivity index (χ1v) is 11.1. The van der Waals surface area contributed by atoms with E-state index in [1.807, 2.05) is 12.1 Å². The summed E-state index contributed by atoms with van der Waals surface area (Å²) in [6.45, 7) is 1.49. The number of methoxy groups -OCH3 is 1. The predicted molar refractivity (Wildman–Crippen MR) is 120 cm³/mol. The molecule has 0 N–H and O–H groups in total. The molecule has 8 nitrogen and oxygen atoms in total. The summed E-state index contributed by atoms with van der Waals surface area (Å²) in [7, 11) is 1.54. The van der Waals surface area contributed by atoms with Gasteiger partial charge in [-0.3, -0.25) is 14.2 Å². The molecular formula is C21H21Cl2F3N6O2. The molecule has 0 radical (unpaired) electrons. The Bertz CT molecular complexity index is 1160. The molecule has 0 spiro atoms. The fourth-order valence-electron chi connectivity index (χ4n) is 3.77. The van der Waals surface area contributed by atoms with E-state index in [9.17, 15) is 18.0 Å². The number of alkyl halides is 3. The van der Waals surface area contributed by atoms with Crippen LogP contribution in [0.25, 0.3) is 0 Å². The van der Waals surface area contributed by atoms with E-state index >= 15 is 0 Å². The van der Waals surface area contributed by atoms with E-state index in [4.69, 9.17) is 27.9 Å². The number of ether oxygens (including phenoxy) is 1. The highest BCUT2D eigenvalue weighted by Crippen LogP contribution is 2.36. The summed E-state index contributed by atoms with van der Waals surface area (Å²) in [5.41, 5.74) is -0.243. The number of benzene rings is 1. The minimum Gasteiger partial charge on any atom is -0.495 e. The molecule has 3 aromatic rings. The van der Waals surface area contributed by atoms with Crippen LogP contribution in [0.1, 0.15) is 11.4 Å². The molecule has 0 saturated carbocycles. The number of hydrogen-bond donors (Lipinski definition) is 0. The number of aromatic nitrogens is 4. The van der Waals surface area contributed by atoms with E-state index in [0.29, 0.717) is 37.0 Å². The van der Waals surface area contributed by atoms with Crippen molar-refractivity contribution in [3.63, 3.8) is 0 Å². The minimum atomic E-state index is -4.74. The molecule has 1 aliphatic heterocycles. The normalized spacial score (nSPS) is 14.5. The maximum atomic E-state index is 13.4. The lowest BCUT2D eigenvalue weighted by Crippen LogP contribution is -2.49. The quantitative estimate of drug-likeness (QED) is 0.498. The lowest BCUT2D eigenvalue weighted by Gasteiger charge is -2.36. The number of carbonyl (C=O) groups excluding carboxylic acids is 1. The predicted octanol–water partition coefficient (Wildman–Crippen LogP) is 3.81. The van der Waals surface area contributed by atoms with E-state index in [2.05, 4.69) is 15.1 Å². The standard InChI is InChI=1S/C21H21Cl2F3N6O2/c1-34-17-11-14(3-4-15(17)22)29-7-9-30(10-8-29)18(33)13-32-16(12-31-6-2-5-27-31)19(23)20(28-32)21(24,25)26/h2-6,11H,7-10,12-13H2,1H3. The van der Waals surface area contributed by atoms with E-state index < -0.39 is 16.9 Å². The molecule has 182 valence electrons. The van der Waals surface area contributed by atoms with Gasteiger partial charge in [0.25, 0.3) is 0 Å². The lowest BCUT2D eigenvalue weighted by atomic mass is 10.2. The highest BCUT2D eigenvalue weighted by atomic mass is 35.5. The first-order valence-electron chi connectivity index (χ1n) is 10.3. The third-order valence-electron chi connectivity index (χ3n) is 5.55. The van der Waals surface area contributed by atoms with Crippen molar-refractivity contribution in [1.82, 2.24) is 24.5 Å². The van der Waals surface area contributed by atoms with Crippen molar-refractivity contribution in [2.24, 2.45) is 0 Å². The molecule has 1 aliphatic rings. The third-order valence-corrected chi connectivity index (χ3v) is 6.26. The summed E-state index contributed by atoms with van der Waals surface area (Å²) in [5, 5.41) is 7.60. The number of halogens is 5. The molecule has 3 heterocycles. The summed E-state index contributed by atoms with van der Waals surface area (Å²) >= 11 is 12.1. The zero-order valence-electron chi connectivity index (χ0n) is 18.1. The molecular weight excluding hydrogens is 496 g/mol. The number of carbonyl (C=O) groups is 1. The first-order chi connectivity index (χ1) is 16.2. The second kappa shape index (κ2) is 9.75. The van der Waals surface area contributed by atoms with Crippen molar-refractivity contribution < 1.29 is 22.7 Å². The zero-order chi connectivity index (χ0) is 24.5. The average molecular weight is 517 g/mol. The van der Waals surface area contributed by atoms with Crippen LogP contribution in [0.3, 0.4) is 0 Å². The Morgan fingerprint density at radius 1 is 1.18 bits per heavy atom. The SMILES string of the molecule is COc1cc(N2CCN(C(=O)Cn3nc(C(F)(F)F)c(Cl)c3Cn3cccn3)CC2)ccc1Cl. The largest absolute Gasteiger partial charge is 0.495 e. The van der Waals surface area contributed by atoms with Gasteiger partial charge in [-0.05, 0) is 18.2 Å². The van der Waals surface area contributed by atoms with E-state index in [-0.39, 0.29) is 24.7 Å². The first kappa shape index (κ1) is 24.2. The second-order valence-corrected chi connectivity index (χ2v) is 8.44. The Morgan fingerprint density at radius 2 is 1.91 bits per heavy atom. The Labute approximate surface area is 203 Å². The molecule has 2 aromatic heterocycles. The van der Waals surface area contributed by atoms with Crippen molar-refractivity contribution in [1.29, 1.82) is 0 Å². The molecule has 1 fully saturated rings. The van der Waals surface area contributed by atoms with Crippen LogP contribution >= 0.6 is 23.2 Å². The molecule has 0 bridgehead atoms. The van der Waals surface area contributed by atoms with E-state index in [1.165, 1.54) is 18.0 Å². The monoisotopic (exact) mass is 516 g/mol. The maximum absolute atomic E-state index is 13.4. The van der Waals surface area contributed by atoms with Gasteiger partial charge in [0.2, 0.25) is 5.91 Å². The van der Waals surface area contributed by atoms with E-state index in [0.717, 1.165) is 10.4 Å². The summed E-state index contributed by atoms with van der Waals surface area (Å²) in [5.74, 6) is 0.210. The van der Waals surface area contributed by atoms with Crippen LogP contribution in [-0.2, 0) is 24.1 Å². The molecule has 4 rings (SSSR count). The minimum absolute atomic E-state index is 0.0473. The Kier molecular flexibility index (Phi) is 6.94. The van der Waals surface area contributed by atoms with Crippen LogP contribution < -0.4 is 9.64 Å². The molecule has 0 unspecified atom stereocenters. The van der Waals surface area contributed by atoms with Crippen molar-refractivity contribution >= 4 is 34.8 Å². The number of nitrogens with zero attached hydrogens (tertiary/aromatic N) is 6. The lowest BCUT2D eigenvalue weighted by molar-refractivity contribution is -0.142. The number of amides is 1. The molecule has 1 aromatic carbocycles. The summed E-state index contributed by atoms with van der Waals surface area (Å²) in [6, 6.07) is 7.08. The van der Waals surface area contributed by atoms with Gasteiger partial charge in [-0.2, -0.15) is 23.4 Å². The highest BCUT2D eigenvalue weighted by Gasteiger charge is 2.39. The van der Waals surface area contributed by atoms with Gasteiger partial charge in [0.15, 0.2) is 5.69 Å². The van der Waals surface area contributed by atoms with Crippen LogP contribution in [0.4, 0.5) is 18.9 Å². The molecule has 0 aliphatic carbocycles. The van der Waals surface area contributed by atoms with Crippen LogP contribution in [0, 0.1) is 0 Å². The van der Waals surface area contributed by atoms with Crippen LogP contribution in [0.5, 0.6) is 5.75 Å². The molecule has 1 amide bonds. The van der Waals surface area contributed by atoms with Gasteiger partial charge < -0.3 is 14.5 Å². The van der Waals surface area contributed by atoms with Gasteiger partial charge in [-0.15, -0.1) is 0 Å². The van der Waals surface area contributed by atoms with Gasteiger partial charge in [-0.1, -0.05) is 23.2 Å². The highest BCUT2D eigenvalue weighted by molar-refractivity contribution is 6.32. The van der Waals surface area contributed by atoms with Gasteiger partial charge in [0.1, 0.15) is 12.3 Å². The fraction of sp³-hybridized carbons (Fsp3) is 0.381. The van der Waals surface area contributed by atoms with E-state index in [1.54, 1.807) is 23.2 Å². The van der Waals surface area contributed by atoms with Crippen molar-refractivity contribution in [3.8, 4) is 5.75 Å². The summed E-state index contributed by atoms with van der Waals surface area (Å²) in [6.07, 6.45) is -1.65. The third kappa shape index (κ3) is 5.10. The second-order valence-electron chi connectivity index (χ2n) is 7.66. The zero-order valence-corrected chi connectivity index (χ0v) is 19.6. The summed E-state index contributed by atoms with van der Waals surface area (Å²) < 4.78 is 47.9. The smallest absolute Gasteiger partial charge is 0.436 e. The maximum Gasteiger partial charge on any atom is 0.436 e.